The molecule has 3 aromatic rings. The molecule has 25 heavy (non-hydrogen) atoms. The zero-order chi connectivity index (χ0) is 17.5. The van der Waals surface area contributed by atoms with Crippen molar-refractivity contribution in [3.05, 3.63) is 64.6 Å². The Hall–Kier alpha value is -2.74. The zero-order valence-corrected chi connectivity index (χ0v) is 15.0. The normalized spacial score (nSPS) is 10.4. The molecule has 0 aliphatic carbocycles. The van der Waals surface area contributed by atoms with Gasteiger partial charge in [0.25, 0.3) is 0 Å². The first-order valence-corrected chi connectivity index (χ1v) is 8.60. The van der Waals surface area contributed by atoms with Gasteiger partial charge in [-0.15, -0.1) is 0 Å². The molecule has 7 nitrogen and oxygen atoms in total. The third kappa shape index (κ3) is 4.87. The smallest absolute Gasteiger partial charge is 0.247 e. The Kier molecular flexibility index (Phi) is 5.73. The van der Waals surface area contributed by atoms with E-state index in [0.717, 1.165) is 15.7 Å². The van der Waals surface area contributed by atoms with Gasteiger partial charge in [-0.1, -0.05) is 51.4 Å². The number of carbonyl (C=O) groups excluding carboxylic acids is 1. The Labute approximate surface area is 153 Å². The van der Waals surface area contributed by atoms with Crippen molar-refractivity contribution in [2.45, 2.75) is 6.42 Å². The number of nitrogens with one attached hydrogen (secondary N) is 2. The molecule has 0 atom stereocenters. The maximum atomic E-state index is 12.0. The van der Waals surface area contributed by atoms with E-state index in [9.17, 15) is 4.79 Å². The van der Waals surface area contributed by atoms with Crippen LogP contribution < -0.4 is 10.6 Å². The van der Waals surface area contributed by atoms with E-state index in [0.29, 0.717) is 25.5 Å². The lowest BCUT2D eigenvalue weighted by molar-refractivity contribution is -0.120. The van der Waals surface area contributed by atoms with Crippen molar-refractivity contribution in [3.8, 4) is 5.69 Å². The van der Waals surface area contributed by atoms with E-state index in [2.05, 4.69) is 42.1 Å². The molecule has 0 unspecified atom stereocenters. The van der Waals surface area contributed by atoms with Gasteiger partial charge >= 0.3 is 0 Å². The van der Waals surface area contributed by atoms with Crippen molar-refractivity contribution in [1.29, 1.82) is 0 Å². The zero-order valence-electron chi connectivity index (χ0n) is 13.4. The number of rotatable bonds is 7. The second-order valence-electron chi connectivity index (χ2n) is 5.33. The molecule has 0 spiro atoms. The van der Waals surface area contributed by atoms with E-state index in [-0.39, 0.29) is 5.91 Å². The van der Waals surface area contributed by atoms with E-state index >= 15 is 0 Å². The van der Waals surface area contributed by atoms with Gasteiger partial charge in [0.05, 0.1) is 12.1 Å². The summed E-state index contributed by atoms with van der Waals surface area (Å²) in [6.45, 7) is 1.01. The van der Waals surface area contributed by atoms with Crippen molar-refractivity contribution >= 4 is 27.8 Å². The number of anilines is 1. The Morgan fingerprint density at radius 1 is 1.08 bits per heavy atom. The maximum absolute atomic E-state index is 12.0. The number of hydrogen-bond acceptors (Lipinski definition) is 5. The standard InChI is InChI=1S/C17H17BrN6O/c18-14-6-4-5-13(11-14)12-16(25)19-9-10-20-17-21-22-23-24(17)15-7-2-1-3-8-15/h1-8,11H,9-10,12H2,(H,19,25)(H,20,21,23). The molecule has 1 amide bonds. The van der Waals surface area contributed by atoms with Crippen molar-refractivity contribution in [1.82, 2.24) is 25.5 Å². The first-order chi connectivity index (χ1) is 12.2. The minimum Gasteiger partial charge on any atom is -0.354 e. The van der Waals surface area contributed by atoms with Crippen LogP contribution in [-0.4, -0.2) is 39.2 Å². The Balaban J connectivity index is 1.46. The van der Waals surface area contributed by atoms with Gasteiger partial charge in [0.1, 0.15) is 0 Å². The van der Waals surface area contributed by atoms with Gasteiger partial charge in [-0.3, -0.25) is 4.79 Å². The summed E-state index contributed by atoms with van der Waals surface area (Å²) in [4.78, 5) is 12.0. The number of para-hydroxylation sites is 1. The van der Waals surface area contributed by atoms with E-state index in [1.165, 1.54) is 0 Å². The SMILES string of the molecule is O=C(Cc1cccc(Br)c1)NCCNc1nnnn1-c1ccccc1. The molecule has 0 radical (unpaired) electrons. The van der Waals surface area contributed by atoms with Crippen LogP contribution in [0.15, 0.2) is 59.1 Å². The highest BCUT2D eigenvalue weighted by Crippen LogP contribution is 2.12. The molecule has 0 aliphatic heterocycles. The summed E-state index contributed by atoms with van der Waals surface area (Å²) in [5.74, 6) is 0.509. The van der Waals surface area contributed by atoms with Gasteiger partial charge in [0.15, 0.2) is 0 Å². The molecule has 0 saturated heterocycles. The maximum Gasteiger partial charge on any atom is 0.247 e. The third-order valence-corrected chi connectivity index (χ3v) is 3.95. The number of aromatic nitrogens is 4. The van der Waals surface area contributed by atoms with E-state index in [1.807, 2.05) is 54.6 Å². The summed E-state index contributed by atoms with van der Waals surface area (Å²) in [6.07, 6.45) is 0.348. The average Bonchev–Trinajstić information content (AvgIpc) is 3.08. The minimum absolute atomic E-state index is 0.0254. The van der Waals surface area contributed by atoms with Gasteiger partial charge in [0, 0.05) is 17.6 Å². The highest BCUT2D eigenvalue weighted by atomic mass is 79.9. The van der Waals surface area contributed by atoms with Gasteiger partial charge < -0.3 is 10.6 Å². The summed E-state index contributed by atoms with van der Waals surface area (Å²) in [6, 6.07) is 17.3. The fraction of sp³-hybridized carbons (Fsp3) is 0.176. The lowest BCUT2D eigenvalue weighted by Crippen LogP contribution is -2.30. The van der Waals surface area contributed by atoms with Crippen LogP contribution in [-0.2, 0) is 11.2 Å². The van der Waals surface area contributed by atoms with Crippen LogP contribution in [0, 0.1) is 0 Å². The monoisotopic (exact) mass is 400 g/mol. The topological polar surface area (TPSA) is 84.7 Å². The number of nitrogens with zero attached hydrogens (tertiary/aromatic N) is 4. The molecule has 8 heteroatoms. The number of tetrazole rings is 1. The molecule has 1 heterocycles. The quantitative estimate of drug-likeness (QED) is 0.593. The van der Waals surface area contributed by atoms with Crippen molar-refractivity contribution in [2.75, 3.05) is 18.4 Å². The molecule has 0 bridgehead atoms. The largest absolute Gasteiger partial charge is 0.354 e. The molecule has 1 aromatic heterocycles. The van der Waals surface area contributed by atoms with E-state index < -0.39 is 0 Å². The first-order valence-electron chi connectivity index (χ1n) is 7.81. The van der Waals surface area contributed by atoms with Crippen LogP contribution in [0.4, 0.5) is 5.95 Å². The highest BCUT2D eigenvalue weighted by molar-refractivity contribution is 9.10. The van der Waals surface area contributed by atoms with E-state index in [1.54, 1.807) is 4.68 Å². The molecule has 2 N–H and O–H groups in total. The predicted molar refractivity (Wildman–Crippen MR) is 98.5 cm³/mol. The summed E-state index contributed by atoms with van der Waals surface area (Å²) >= 11 is 3.40. The number of carbonyl (C=O) groups is 1. The molecule has 128 valence electrons. The number of hydrogen-bond donors (Lipinski definition) is 2. The Morgan fingerprint density at radius 2 is 1.92 bits per heavy atom. The molecular formula is C17H17BrN6O. The first kappa shape index (κ1) is 17.1. The molecule has 2 aromatic carbocycles. The molecule has 0 aliphatic rings. The van der Waals surface area contributed by atoms with Crippen LogP contribution in [0.2, 0.25) is 0 Å². The fourth-order valence-corrected chi connectivity index (χ4v) is 2.76. The van der Waals surface area contributed by atoms with Gasteiger partial charge in [0.2, 0.25) is 11.9 Å². The summed E-state index contributed by atoms with van der Waals surface area (Å²) in [7, 11) is 0. The minimum atomic E-state index is -0.0254. The number of benzene rings is 2. The van der Waals surface area contributed by atoms with Crippen LogP contribution in [0.3, 0.4) is 0 Å². The highest BCUT2D eigenvalue weighted by Gasteiger charge is 2.07. The van der Waals surface area contributed by atoms with Crippen LogP contribution in [0.5, 0.6) is 0 Å². The average molecular weight is 401 g/mol. The van der Waals surface area contributed by atoms with Crippen LogP contribution in [0.25, 0.3) is 5.69 Å². The van der Waals surface area contributed by atoms with E-state index in [4.69, 9.17) is 0 Å². The van der Waals surface area contributed by atoms with Crippen molar-refractivity contribution < 1.29 is 4.79 Å². The predicted octanol–water partition coefficient (Wildman–Crippen LogP) is 2.20. The summed E-state index contributed by atoms with van der Waals surface area (Å²) in [5.41, 5.74) is 1.83. The Bertz CT molecular complexity index is 836. The van der Waals surface area contributed by atoms with Crippen LogP contribution in [0.1, 0.15) is 5.56 Å². The molecule has 0 fully saturated rings. The second-order valence-corrected chi connectivity index (χ2v) is 6.25. The fourth-order valence-electron chi connectivity index (χ4n) is 2.31. The molecular weight excluding hydrogens is 384 g/mol. The van der Waals surface area contributed by atoms with Crippen LogP contribution >= 0.6 is 15.9 Å². The van der Waals surface area contributed by atoms with Gasteiger partial charge in [-0.2, -0.15) is 4.68 Å². The van der Waals surface area contributed by atoms with Crippen molar-refractivity contribution in [2.24, 2.45) is 0 Å². The van der Waals surface area contributed by atoms with Crippen molar-refractivity contribution in [3.63, 3.8) is 0 Å². The lowest BCUT2D eigenvalue weighted by atomic mass is 10.1. The van der Waals surface area contributed by atoms with Gasteiger partial charge in [-0.05, 0) is 40.3 Å². The molecule has 0 saturated carbocycles. The second kappa shape index (κ2) is 8.39. The Morgan fingerprint density at radius 3 is 2.72 bits per heavy atom. The van der Waals surface area contributed by atoms with Gasteiger partial charge in [-0.25, -0.2) is 0 Å². The summed E-state index contributed by atoms with van der Waals surface area (Å²) in [5, 5.41) is 17.6. The summed E-state index contributed by atoms with van der Waals surface area (Å²) < 4.78 is 2.58. The molecule has 3 rings (SSSR count). The lowest BCUT2D eigenvalue weighted by Gasteiger charge is -2.08. The third-order valence-electron chi connectivity index (χ3n) is 3.45. The number of halogens is 1. The number of amides is 1.